The molecule has 2 heterocycles. The zero-order valence-corrected chi connectivity index (χ0v) is 53.6. The minimum absolute atomic E-state index is 0.0156. The molecule has 11 amide bonds. The third-order valence-electron chi connectivity index (χ3n) is 16.1. The standard InChI is InChI=1S/C67H91N15O12/c1-39(2)33-48-59(87)80-53(37-43-21-12-7-13-22-43)66(94)82-32-16-25-54(82)64(92)79-50(35-42-19-10-6-11-20-42)61(89)77-49(34-41-17-8-5-9-18-41)60(88)78-52(38-55(69)84)62(90)73-47(24-15-31-72-67(70)71)58(86)76-51(36-44-26-28-45(83)29-27-44)63(91)81-56(40(3)4)65(93)74-46(23-14-30-68)57(85)75-48/h5-13,17-22,26-29,39-40,46-54,56,83H,14-16,23-25,30-38,68H2,1-4H3,(H2,69,84)(H,73,90)(H,74,93)(H,75,85)(H,76,86)(H,77,89)(H,78,88)(H,79,92)(H,80,87)(H,81,91)(H4,70,71,72)/t46-,47-,48-,49+,50-,51-,52-,53+,54-,56-/m0/s1. The summed E-state index contributed by atoms with van der Waals surface area (Å²) in [6.45, 7) is 7.08. The van der Waals surface area contributed by atoms with Crippen LogP contribution in [0.1, 0.15) is 101 Å². The highest BCUT2D eigenvalue weighted by Crippen LogP contribution is 2.22. The highest BCUT2D eigenvalue weighted by atomic mass is 16.3. The molecule has 2 aliphatic heterocycles. The first kappa shape index (κ1) is 73.1. The average Bonchev–Trinajstić information content (AvgIpc) is 1.41. The van der Waals surface area contributed by atoms with Crippen molar-refractivity contribution in [1.29, 1.82) is 0 Å². The van der Waals surface area contributed by atoms with Crippen LogP contribution in [0.15, 0.2) is 120 Å². The Morgan fingerprint density at radius 1 is 0.489 bits per heavy atom. The number of benzene rings is 4. The normalized spacial score (nSPS) is 23.6. The fourth-order valence-electron chi connectivity index (χ4n) is 11.2. The molecule has 18 N–H and O–H groups in total. The Hall–Kier alpha value is -9.92. The Morgan fingerprint density at radius 3 is 1.36 bits per heavy atom. The van der Waals surface area contributed by atoms with Crippen molar-refractivity contribution in [2.75, 3.05) is 19.6 Å². The lowest BCUT2D eigenvalue weighted by atomic mass is 9.98. The van der Waals surface area contributed by atoms with Crippen molar-refractivity contribution in [2.45, 2.75) is 165 Å². The molecule has 0 aliphatic carbocycles. The molecule has 0 unspecified atom stereocenters. The smallest absolute Gasteiger partial charge is 0.246 e. The van der Waals surface area contributed by atoms with Gasteiger partial charge in [-0.2, -0.15) is 0 Å². The van der Waals surface area contributed by atoms with E-state index < -0.39 is 138 Å². The number of carbonyl (C=O) groups is 11. The first-order valence-electron chi connectivity index (χ1n) is 31.9. The molecule has 506 valence electrons. The molecule has 0 saturated carbocycles. The number of nitrogens with one attached hydrogen (secondary N) is 9. The molecule has 27 nitrogen and oxygen atoms in total. The SMILES string of the molecule is CC(C)C[C@@H]1NC(=O)[C@H](CCCN)NC(=O)[C@H](C(C)C)NC(=O)[C@H](Cc2ccc(O)cc2)NC(=O)[C@H](CCCN=C(N)N)NC(=O)[C@H](CC(N)=O)NC(=O)[C@@H](Cc2ccccc2)NC(=O)[C@H](Cc2ccccc2)NC(=O)[C@@H]2CCCN2C(=O)[C@@H](Cc2ccccc2)NC1=O. The van der Waals surface area contributed by atoms with Gasteiger partial charge in [-0.1, -0.05) is 131 Å². The second-order valence-corrected chi connectivity index (χ2v) is 24.5. The van der Waals surface area contributed by atoms with E-state index in [1.807, 2.05) is 13.8 Å². The highest BCUT2D eigenvalue weighted by Gasteiger charge is 2.42. The second kappa shape index (κ2) is 36.4. The summed E-state index contributed by atoms with van der Waals surface area (Å²) in [4.78, 5) is 166. The third kappa shape index (κ3) is 23.0. The summed E-state index contributed by atoms with van der Waals surface area (Å²) < 4.78 is 0. The Bertz CT molecular complexity index is 3260. The Kier molecular flexibility index (Phi) is 28.3. The fourth-order valence-corrected chi connectivity index (χ4v) is 11.2. The summed E-state index contributed by atoms with van der Waals surface area (Å²) >= 11 is 0. The van der Waals surface area contributed by atoms with Crippen molar-refractivity contribution < 1.29 is 57.8 Å². The van der Waals surface area contributed by atoms with Crippen molar-refractivity contribution in [1.82, 2.24) is 52.8 Å². The largest absolute Gasteiger partial charge is 0.508 e. The molecular formula is C67H91N15O12. The predicted molar refractivity (Wildman–Crippen MR) is 351 cm³/mol. The number of primary amides is 1. The Morgan fingerprint density at radius 2 is 0.883 bits per heavy atom. The van der Waals surface area contributed by atoms with E-state index in [2.05, 4.69) is 52.8 Å². The number of aliphatic imine (C=N–C) groups is 1. The zero-order chi connectivity index (χ0) is 68.4. The van der Waals surface area contributed by atoms with Crippen molar-refractivity contribution in [3.63, 3.8) is 0 Å². The summed E-state index contributed by atoms with van der Waals surface area (Å²) in [5.74, 6) is -10.7. The highest BCUT2D eigenvalue weighted by molar-refractivity contribution is 6.00. The van der Waals surface area contributed by atoms with Gasteiger partial charge in [-0.25, -0.2) is 0 Å². The number of hydrogen-bond acceptors (Lipinski definition) is 14. The monoisotopic (exact) mass is 1300 g/mol. The number of nitrogens with zero attached hydrogens (tertiary/aromatic N) is 2. The van der Waals surface area contributed by atoms with Crippen molar-refractivity contribution in [3.05, 3.63) is 138 Å². The van der Waals surface area contributed by atoms with E-state index in [0.717, 1.165) is 0 Å². The van der Waals surface area contributed by atoms with Crippen LogP contribution in [0.4, 0.5) is 0 Å². The van der Waals surface area contributed by atoms with E-state index >= 15 is 4.79 Å². The predicted octanol–water partition coefficient (Wildman–Crippen LogP) is -0.599. The van der Waals surface area contributed by atoms with E-state index in [0.29, 0.717) is 28.7 Å². The summed E-state index contributed by atoms with van der Waals surface area (Å²) in [6, 6.07) is 17.6. The van der Waals surface area contributed by atoms with Crippen molar-refractivity contribution in [3.8, 4) is 5.75 Å². The Labute approximate surface area is 547 Å². The van der Waals surface area contributed by atoms with Crippen LogP contribution in [0.5, 0.6) is 5.75 Å². The quantitative estimate of drug-likeness (QED) is 0.0299. The molecule has 0 aromatic heterocycles. The third-order valence-corrected chi connectivity index (χ3v) is 16.1. The summed E-state index contributed by atoms with van der Waals surface area (Å²) in [5.41, 5.74) is 25.1. The van der Waals surface area contributed by atoms with Crippen LogP contribution in [0, 0.1) is 11.8 Å². The number of rotatable bonds is 20. The van der Waals surface area contributed by atoms with E-state index in [4.69, 9.17) is 22.9 Å². The second-order valence-electron chi connectivity index (χ2n) is 24.5. The molecule has 6 rings (SSSR count). The van der Waals surface area contributed by atoms with Crippen LogP contribution in [0.25, 0.3) is 0 Å². The van der Waals surface area contributed by atoms with Gasteiger partial charge in [0.2, 0.25) is 65.0 Å². The molecule has 2 aliphatic rings. The molecular weight excluding hydrogens is 1210 g/mol. The van der Waals surface area contributed by atoms with Gasteiger partial charge in [0.25, 0.3) is 0 Å². The van der Waals surface area contributed by atoms with Gasteiger partial charge in [0.15, 0.2) is 5.96 Å². The minimum Gasteiger partial charge on any atom is -0.508 e. The molecule has 2 saturated heterocycles. The number of phenols is 1. The molecule has 94 heavy (non-hydrogen) atoms. The topological polar surface area (TPSA) is 436 Å². The van der Waals surface area contributed by atoms with Gasteiger partial charge in [-0.3, -0.25) is 57.7 Å². The van der Waals surface area contributed by atoms with Crippen LogP contribution < -0.4 is 70.8 Å². The van der Waals surface area contributed by atoms with Gasteiger partial charge < -0.3 is 80.8 Å². The van der Waals surface area contributed by atoms with Gasteiger partial charge >= 0.3 is 0 Å². The summed E-state index contributed by atoms with van der Waals surface area (Å²) in [5, 5.41) is 34.8. The van der Waals surface area contributed by atoms with Gasteiger partial charge in [0.1, 0.15) is 66.2 Å². The maximum atomic E-state index is 15.2. The number of aromatic hydroxyl groups is 1. The lowest BCUT2D eigenvalue weighted by Gasteiger charge is -2.32. The van der Waals surface area contributed by atoms with E-state index in [9.17, 15) is 53.1 Å². The average molecular weight is 1300 g/mol. The summed E-state index contributed by atoms with van der Waals surface area (Å²) in [7, 11) is 0. The van der Waals surface area contributed by atoms with E-state index in [-0.39, 0.29) is 101 Å². The molecule has 10 atom stereocenters. The number of amides is 11. The van der Waals surface area contributed by atoms with Crippen molar-refractivity contribution in [2.24, 2.45) is 39.8 Å². The van der Waals surface area contributed by atoms with Crippen molar-refractivity contribution >= 4 is 70.9 Å². The van der Waals surface area contributed by atoms with E-state index in [1.54, 1.807) is 105 Å². The van der Waals surface area contributed by atoms with Gasteiger partial charge in [-0.05, 0) is 97.7 Å². The van der Waals surface area contributed by atoms with Gasteiger partial charge in [-0.15, -0.1) is 0 Å². The lowest BCUT2D eigenvalue weighted by Crippen LogP contribution is -2.62. The summed E-state index contributed by atoms with van der Waals surface area (Å²) in [6.07, 6.45) is -0.761. The molecule has 4 aromatic carbocycles. The minimum atomic E-state index is -1.80. The van der Waals surface area contributed by atoms with Crippen LogP contribution in [0.2, 0.25) is 0 Å². The molecule has 0 radical (unpaired) electrons. The molecule has 2 fully saturated rings. The maximum absolute atomic E-state index is 15.2. The maximum Gasteiger partial charge on any atom is 0.246 e. The van der Waals surface area contributed by atoms with Gasteiger partial charge in [0, 0.05) is 38.8 Å². The fraction of sp³-hybridized carbons (Fsp3) is 0.463. The number of fused-ring (bicyclic) bond motifs is 1. The van der Waals surface area contributed by atoms with Crippen LogP contribution in [-0.4, -0.2) is 161 Å². The molecule has 0 spiro atoms. The van der Waals surface area contributed by atoms with Crippen LogP contribution in [-0.2, 0) is 78.4 Å². The molecule has 4 aromatic rings. The number of phenolic OH excluding ortho intramolecular Hbond substituents is 1. The van der Waals surface area contributed by atoms with Gasteiger partial charge in [0.05, 0.1) is 6.42 Å². The first-order chi connectivity index (χ1) is 44.9. The number of nitrogens with two attached hydrogens (primary N) is 4. The molecule has 27 heteroatoms. The first-order valence-corrected chi connectivity index (χ1v) is 31.9. The number of guanidine groups is 1. The van der Waals surface area contributed by atoms with Crippen LogP contribution >= 0.6 is 0 Å². The lowest BCUT2D eigenvalue weighted by molar-refractivity contribution is -0.142. The van der Waals surface area contributed by atoms with E-state index in [1.165, 1.54) is 29.2 Å². The number of hydrogen-bond donors (Lipinski definition) is 14. The molecule has 0 bridgehead atoms. The zero-order valence-electron chi connectivity index (χ0n) is 53.6. The Balaban J connectivity index is 1.47. The number of carbonyl (C=O) groups excluding carboxylic acids is 11. The van der Waals surface area contributed by atoms with Crippen LogP contribution in [0.3, 0.4) is 0 Å².